The third-order valence-electron chi connectivity index (χ3n) is 5.90. The van der Waals surface area contributed by atoms with Crippen molar-refractivity contribution in [3.05, 3.63) is 64.7 Å². The molecule has 32 heavy (non-hydrogen) atoms. The minimum Gasteiger partial charge on any atom is -0.337 e. The molecule has 0 unspecified atom stereocenters. The minimum absolute atomic E-state index is 0. The second-order valence-corrected chi connectivity index (χ2v) is 8.07. The van der Waals surface area contributed by atoms with E-state index in [0.29, 0.717) is 11.5 Å². The summed E-state index contributed by atoms with van der Waals surface area (Å²) < 4.78 is 3.62. The van der Waals surface area contributed by atoms with Gasteiger partial charge in [-0.1, -0.05) is 36.4 Å². The zero-order valence-electron chi connectivity index (χ0n) is 17.7. The Morgan fingerprint density at radius 3 is 2.59 bits per heavy atom. The smallest absolute Gasteiger partial charge is 0.337 e. The van der Waals surface area contributed by atoms with E-state index in [-0.39, 0.29) is 24.1 Å². The maximum atomic E-state index is 12.4. The summed E-state index contributed by atoms with van der Waals surface area (Å²) in [5.74, 6) is 1.32. The number of nitrogens with one attached hydrogen (secondary N) is 2. The van der Waals surface area contributed by atoms with Crippen molar-refractivity contribution in [2.75, 3.05) is 0 Å². The van der Waals surface area contributed by atoms with Crippen LogP contribution in [0.25, 0.3) is 45.1 Å². The Hall–Kier alpha value is -3.65. The Kier molecular flexibility index (Phi) is 4.74. The normalized spacial score (nSPS) is 13.4. The molecule has 1 saturated carbocycles. The average Bonchev–Trinajstić information content (AvgIpc) is 3.29. The van der Waals surface area contributed by atoms with Crippen LogP contribution in [-0.4, -0.2) is 34.5 Å². The first-order valence-electron chi connectivity index (χ1n) is 10.4. The maximum absolute atomic E-state index is 12.4. The van der Waals surface area contributed by atoms with Gasteiger partial charge < -0.3 is 4.98 Å². The van der Waals surface area contributed by atoms with E-state index in [2.05, 4.69) is 38.5 Å². The zero-order valence-corrected chi connectivity index (χ0v) is 18.5. The number of imidazole rings is 1. The molecular weight excluding hydrogens is 426 g/mol. The molecule has 162 valence electrons. The largest absolute Gasteiger partial charge is 0.343 e. The molecule has 1 aliphatic rings. The second-order valence-electron chi connectivity index (χ2n) is 8.07. The van der Waals surface area contributed by atoms with Gasteiger partial charge in [-0.05, 0) is 31.9 Å². The topological polar surface area (TPSA) is 97.2 Å². The average molecular weight is 448 g/mol. The van der Waals surface area contributed by atoms with Crippen molar-refractivity contribution in [2.45, 2.75) is 25.8 Å². The Morgan fingerprint density at radius 1 is 1.06 bits per heavy atom. The van der Waals surface area contributed by atoms with Gasteiger partial charge in [-0.2, -0.15) is 10.2 Å². The number of benzene rings is 2. The molecule has 6 rings (SSSR count). The summed E-state index contributed by atoms with van der Waals surface area (Å²) in [4.78, 5) is 20.8. The fourth-order valence-electron chi connectivity index (χ4n) is 4.22. The van der Waals surface area contributed by atoms with Gasteiger partial charge in [-0.25, -0.2) is 14.9 Å². The lowest BCUT2D eigenvalue weighted by Crippen LogP contribution is -2.16. The summed E-state index contributed by atoms with van der Waals surface area (Å²) in [5, 5.41) is 12.6. The monoisotopic (exact) mass is 447 g/mol. The lowest BCUT2D eigenvalue weighted by Gasteiger charge is -2.05. The highest BCUT2D eigenvalue weighted by Gasteiger charge is 2.31. The second kappa shape index (κ2) is 7.49. The summed E-state index contributed by atoms with van der Waals surface area (Å²) in [6.07, 6.45) is 1.97. The number of H-pyrrole nitrogens is 2. The van der Waals surface area contributed by atoms with Gasteiger partial charge in [0.2, 0.25) is 0 Å². The van der Waals surface area contributed by atoms with Gasteiger partial charge in [0, 0.05) is 29.6 Å². The molecule has 9 heteroatoms. The van der Waals surface area contributed by atoms with Gasteiger partial charge in [0.15, 0.2) is 5.82 Å². The first kappa shape index (κ1) is 20.3. The molecule has 0 saturated heterocycles. The van der Waals surface area contributed by atoms with Crippen LogP contribution >= 0.6 is 12.4 Å². The molecular formula is C23H22ClN7O. The van der Waals surface area contributed by atoms with Gasteiger partial charge in [0.05, 0.1) is 16.9 Å². The first-order chi connectivity index (χ1) is 15.1. The van der Waals surface area contributed by atoms with Crippen LogP contribution in [0.2, 0.25) is 0 Å². The van der Waals surface area contributed by atoms with Gasteiger partial charge in [0.1, 0.15) is 11.5 Å². The summed E-state index contributed by atoms with van der Waals surface area (Å²) in [6.45, 7) is 2.01. The van der Waals surface area contributed by atoms with Crippen LogP contribution < -0.4 is 5.69 Å². The SMILES string of the molecule is Cc1nn(C)c2ccc(-c3[nH]c(-c4ccccc4)nc3-c3n[nH]c(=O)n3C3CC3)cc12.Cl. The van der Waals surface area contributed by atoms with E-state index in [0.717, 1.165) is 52.1 Å². The Morgan fingerprint density at radius 2 is 1.84 bits per heavy atom. The Labute approximate surface area is 189 Å². The minimum atomic E-state index is -0.189. The Bertz CT molecular complexity index is 1490. The third-order valence-corrected chi connectivity index (χ3v) is 5.90. The first-order valence-corrected chi connectivity index (χ1v) is 10.4. The number of aromatic amines is 2. The summed E-state index contributed by atoms with van der Waals surface area (Å²) in [5.41, 5.74) is 5.32. The van der Waals surface area contributed by atoms with E-state index >= 15 is 0 Å². The van der Waals surface area contributed by atoms with Gasteiger partial charge in [0.25, 0.3) is 0 Å². The van der Waals surface area contributed by atoms with Gasteiger partial charge in [-0.15, -0.1) is 12.4 Å². The molecule has 5 aromatic rings. The molecule has 0 amide bonds. The zero-order chi connectivity index (χ0) is 21.1. The third kappa shape index (κ3) is 3.15. The van der Waals surface area contributed by atoms with Crippen LogP contribution in [0.1, 0.15) is 24.6 Å². The molecule has 0 atom stereocenters. The number of hydrogen-bond donors (Lipinski definition) is 2. The lowest BCUT2D eigenvalue weighted by molar-refractivity contribution is 0.715. The number of rotatable bonds is 4. The van der Waals surface area contributed by atoms with E-state index in [1.165, 1.54) is 0 Å². The van der Waals surface area contributed by atoms with Crippen molar-refractivity contribution < 1.29 is 0 Å². The fourth-order valence-corrected chi connectivity index (χ4v) is 4.22. The number of aromatic nitrogens is 7. The molecule has 0 bridgehead atoms. The summed E-state index contributed by atoms with van der Waals surface area (Å²) in [7, 11) is 1.95. The van der Waals surface area contributed by atoms with E-state index in [9.17, 15) is 4.79 Å². The molecule has 2 N–H and O–H groups in total. The number of nitrogens with zero attached hydrogens (tertiary/aromatic N) is 5. The van der Waals surface area contributed by atoms with E-state index in [4.69, 9.17) is 4.98 Å². The van der Waals surface area contributed by atoms with E-state index in [1.54, 1.807) is 4.57 Å². The van der Waals surface area contributed by atoms with Crippen molar-refractivity contribution in [1.29, 1.82) is 0 Å². The highest BCUT2D eigenvalue weighted by Crippen LogP contribution is 2.39. The van der Waals surface area contributed by atoms with Crippen molar-refractivity contribution in [3.63, 3.8) is 0 Å². The number of hydrogen-bond acceptors (Lipinski definition) is 4. The number of aryl methyl sites for hydroxylation is 2. The molecule has 0 aliphatic heterocycles. The Balaban J connectivity index is 0.00000216. The number of halogens is 1. The standard InChI is InChI=1S/C23H21N7O.ClH/c1-13-17-12-15(8-11-18(17)29(2)28-13)19-20(22-26-27-23(31)30(22)16-9-10-16)25-21(24-19)14-6-4-3-5-7-14;/h3-8,11-12,16H,9-10H2,1-2H3,(H,24,25)(H,27,31);1H. The highest BCUT2D eigenvalue weighted by atomic mass is 35.5. The maximum Gasteiger partial charge on any atom is 0.343 e. The predicted octanol–water partition coefficient (Wildman–Crippen LogP) is 4.25. The molecule has 0 spiro atoms. The van der Waals surface area contributed by atoms with E-state index in [1.807, 2.05) is 49.0 Å². The molecule has 1 fully saturated rings. The van der Waals surface area contributed by atoms with Crippen molar-refractivity contribution >= 4 is 23.3 Å². The molecule has 0 radical (unpaired) electrons. The molecule has 8 nitrogen and oxygen atoms in total. The molecule has 3 heterocycles. The molecule has 1 aliphatic carbocycles. The van der Waals surface area contributed by atoms with Gasteiger partial charge in [-0.3, -0.25) is 9.25 Å². The fraction of sp³-hybridized carbons (Fsp3) is 0.217. The van der Waals surface area contributed by atoms with Crippen molar-refractivity contribution in [3.8, 4) is 34.2 Å². The molecule has 3 aromatic heterocycles. The quantitative estimate of drug-likeness (QED) is 0.430. The van der Waals surface area contributed by atoms with Crippen molar-refractivity contribution in [2.24, 2.45) is 7.05 Å². The van der Waals surface area contributed by atoms with Crippen LogP contribution in [0.4, 0.5) is 0 Å². The lowest BCUT2D eigenvalue weighted by atomic mass is 10.1. The highest BCUT2D eigenvalue weighted by molar-refractivity contribution is 5.89. The summed E-state index contributed by atoms with van der Waals surface area (Å²) in [6, 6.07) is 16.4. The van der Waals surface area contributed by atoms with Crippen LogP contribution in [-0.2, 0) is 7.05 Å². The van der Waals surface area contributed by atoms with Crippen LogP contribution in [0.15, 0.2) is 53.3 Å². The van der Waals surface area contributed by atoms with Crippen LogP contribution in [0, 0.1) is 6.92 Å². The van der Waals surface area contributed by atoms with Gasteiger partial charge >= 0.3 is 5.69 Å². The number of fused-ring (bicyclic) bond motifs is 1. The summed E-state index contributed by atoms with van der Waals surface area (Å²) >= 11 is 0. The van der Waals surface area contributed by atoms with Crippen LogP contribution in [0.3, 0.4) is 0 Å². The molecule has 2 aromatic carbocycles. The van der Waals surface area contributed by atoms with E-state index < -0.39 is 0 Å². The predicted molar refractivity (Wildman–Crippen MR) is 126 cm³/mol. The van der Waals surface area contributed by atoms with Crippen LogP contribution in [0.5, 0.6) is 0 Å². The van der Waals surface area contributed by atoms with Crippen molar-refractivity contribution in [1.82, 2.24) is 34.5 Å².